The zero-order valence-corrected chi connectivity index (χ0v) is 12.8. The lowest BCUT2D eigenvalue weighted by molar-refractivity contribution is -0.115. The maximum absolute atomic E-state index is 11.8. The molecule has 0 spiro atoms. The Labute approximate surface area is 125 Å². The van der Waals surface area contributed by atoms with Crippen LogP contribution in [0, 0.1) is 5.41 Å². The maximum atomic E-state index is 11.8. The fraction of sp³-hybridized carbons (Fsp3) is 0.533. The highest BCUT2D eigenvalue weighted by Crippen LogP contribution is 2.24. The number of carbonyl (C=O) groups is 1. The van der Waals surface area contributed by atoms with Crippen molar-refractivity contribution in [1.29, 1.82) is 0 Å². The smallest absolute Gasteiger partial charge is 0.238 e. The van der Waals surface area contributed by atoms with Gasteiger partial charge >= 0.3 is 0 Å². The largest absolute Gasteiger partial charge is 0.396 e. The van der Waals surface area contributed by atoms with Crippen molar-refractivity contribution in [2.45, 2.75) is 26.7 Å². The summed E-state index contributed by atoms with van der Waals surface area (Å²) < 4.78 is 0. The van der Waals surface area contributed by atoms with Crippen LogP contribution in [-0.4, -0.2) is 30.7 Å². The van der Waals surface area contributed by atoms with Crippen LogP contribution in [-0.2, 0) is 4.79 Å². The van der Waals surface area contributed by atoms with Crippen molar-refractivity contribution < 1.29 is 9.90 Å². The SMILES string of the molecule is CCC(CC)(CO)CNCC(=O)Nc1ccc(Cl)cc1. The first kappa shape index (κ1) is 17.0. The third-order valence-electron chi connectivity index (χ3n) is 3.75. The van der Waals surface area contributed by atoms with Crippen molar-refractivity contribution in [3.8, 4) is 0 Å². The maximum Gasteiger partial charge on any atom is 0.238 e. The van der Waals surface area contributed by atoms with Crippen molar-refractivity contribution in [3.63, 3.8) is 0 Å². The third-order valence-corrected chi connectivity index (χ3v) is 4.00. The van der Waals surface area contributed by atoms with Gasteiger partial charge in [-0.1, -0.05) is 25.4 Å². The van der Waals surface area contributed by atoms with E-state index in [0.29, 0.717) is 11.6 Å². The van der Waals surface area contributed by atoms with E-state index >= 15 is 0 Å². The molecular formula is C15H23ClN2O2. The fourth-order valence-electron chi connectivity index (χ4n) is 1.96. The summed E-state index contributed by atoms with van der Waals surface area (Å²) in [5, 5.41) is 16.0. The van der Waals surface area contributed by atoms with E-state index in [4.69, 9.17) is 11.6 Å². The van der Waals surface area contributed by atoms with Crippen LogP contribution in [0.25, 0.3) is 0 Å². The van der Waals surface area contributed by atoms with Crippen LogP contribution in [0.2, 0.25) is 5.02 Å². The van der Waals surface area contributed by atoms with Crippen LogP contribution < -0.4 is 10.6 Å². The minimum Gasteiger partial charge on any atom is -0.396 e. The summed E-state index contributed by atoms with van der Waals surface area (Å²) in [5.74, 6) is -0.105. The van der Waals surface area contributed by atoms with Gasteiger partial charge in [-0.2, -0.15) is 0 Å². The number of nitrogens with one attached hydrogen (secondary N) is 2. The number of benzene rings is 1. The van der Waals surface area contributed by atoms with Crippen LogP contribution in [0.4, 0.5) is 5.69 Å². The number of aliphatic hydroxyl groups is 1. The molecule has 20 heavy (non-hydrogen) atoms. The van der Waals surface area contributed by atoms with E-state index in [1.165, 1.54) is 0 Å². The van der Waals surface area contributed by atoms with Crippen LogP contribution in [0.3, 0.4) is 0 Å². The molecule has 0 unspecified atom stereocenters. The Balaban J connectivity index is 2.38. The van der Waals surface area contributed by atoms with E-state index < -0.39 is 0 Å². The normalized spacial score (nSPS) is 11.4. The Morgan fingerprint density at radius 2 is 1.85 bits per heavy atom. The molecule has 0 radical (unpaired) electrons. The van der Waals surface area contributed by atoms with Gasteiger partial charge in [-0.15, -0.1) is 0 Å². The molecule has 0 saturated carbocycles. The molecule has 0 aliphatic heterocycles. The van der Waals surface area contributed by atoms with Crippen molar-refractivity contribution in [3.05, 3.63) is 29.3 Å². The van der Waals surface area contributed by atoms with Crippen molar-refractivity contribution in [2.24, 2.45) is 5.41 Å². The predicted molar refractivity (Wildman–Crippen MR) is 83.1 cm³/mol. The standard InChI is InChI=1S/C15H23ClN2O2/c1-3-15(4-2,11-19)10-17-9-14(20)18-13-7-5-12(16)6-8-13/h5-8,17,19H,3-4,9-11H2,1-2H3,(H,18,20). The summed E-state index contributed by atoms with van der Waals surface area (Å²) in [6.45, 7) is 5.09. The van der Waals surface area contributed by atoms with E-state index in [1.807, 2.05) is 0 Å². The van der Waals surface area contributed by atoms with Gasteiger partial charge in [0.2, 0.25) is 5.91 Å². The first-order valence-corrected chi connectivity index (χ1v) is 7.30. The Morgan fingerprint density at radius 3 is 2.35 bits per heavy atom. The van der Waals surface area contributed by atoms with E-state index in [1.54, 1.807) is 24.3 Å². The number of hydrogen-bond acceptors (Lipinski definition) is 3. The number of aliphatic hydroxyl groups excluding tert-OH is 1. The Kier molecular flexibility index (Phi) is 6.99. The second-order valence-electron chi connectivity index (χ2n) is 5.02. The van der Waals surface area contributed by atoms with Crippen LogP contribution in [0.1, 0.15) is 26.7 Å². The van der Waals surface area contributed by atoms with E-state index in [9.17, 15) is 9.90 Å². The van der Waals surface area contributed by atoms with Gasteiger partial charge in [-0.05, 0) is 37.1 Å². The van der Waals surface area contributed by atoms with Gasteiger partial charge in [-0.25, -0.2) is 0 Å². The van der Waals surface area contributed by atoms with Gasteiger partial charge in [0, 0.05) is 29.3 Å². The van der Waals surface area contributed by atoms with Gasteiger partial charge < -0.3 is 15.7 Å². The molecule has 0 heterocycles. The quantitative estimate of drug-likeness (QED) is 0.691. The molecule has 1 rings (SSSR count). The van der Waals surface area contributed by atoms with E-state index in [-0.39, 0.29) is 24.5 Å². The average molecular weight is 299 g/mol. The zero-order chi connectivity index (χ0) is 15.0. The molecule has 1 aromatic carbocycles. The first-order valence-electron chi connectivity index (χ1n) is 6.92. The number of halogens is 1. The summed E-state index contributed by atoms with van der Waals surface area (Å²) in [7, 11) is 0. The number of amides is 1. The lowest BCUT2D eigenvalue weighted by Crippen LogP contribution is -2.39. The molecule has 0 aromatic heterocycles. The van der Waals surface area contributed by atoms with Gasteiger partial charge in [-0.3, -0.25) is 4.79 Å². The first-order chi connectivity index (χ1) is 9.55. The van der Waals surface area contributed by atoms with Crippen molar-refractivity contribution in [1.82, 2.24) is 5.32 Å². The lowest BCUT2D eigenvalue weighted by atomic mass is 9.83. The second kappa shape index (κ2) is 8.25. The Morgan fingerprint density at radius 1 is 1.25 bits per heavy atom. The summed E-state index contributed by atoms with van der Waals surface area (Å²) in [6, 6.07) is 6.98. The Hall–Kier alpha value is -1.10. The van der Waals surface area contributed by atoms with Crippen molar-refractivity contribution >= 4 is 23.2 Å². The molecule has 5 heteroatoms. The average Bonchev–Trinajstić information content (AvgIpc) is 2.47. The molecule has 1 aromatic rings. The van der Waals surface area contributed by atoms with Crippen molar-refractivity contribution in [2.75, 3.05) is 25.0 Å². The Bertz CT molecular complexity index is 408. The third kappa shape index (κ3) is 5.12. The summed E-state index contributed by atoms with van der Waals surface area (Å²) in [4.78, 5) is 11.8. The summed E-state index contributed by atoms with van der Waals surface area (Å²) >= 11 is 5.78. The fourth-order valence-corrected chi connectivity index (χ4v) is 2.09. The molecule has 0 saturated heterocycles. The van der Waals surface area contributed by atoms with Crippen LogP contribution in [0.15, 0.2) is 24.3 Å². The predicted octanol–water partition coefficient (Wildman–Crippen LogP) is 2.67. The topological polar surface area (TPSA) is 61.4 Å². The zero-order valence-electron chi connectivity index (χ0n) is 12.1. The van der Waals surface area contributed by atoms with Gasteiger partial charge in [0.15, 0.2) is 0 Å². The molecule has 3 N–H and O–H groups in total. The minimum absolute atomic E-state index is 0.105. The molecule has 112 valence electrons. The molecule has 1 amide bonds. The molecule has 0 bridgehead atoms. The van der Waals surface area contributed by atoms with Gasteiger partial charge in [0.05, 0.1) is 6.54 Å². The molecule has 4 nitrogen and oxygen atoms in total. The number of anilines is 1. The molecule has 0 fully saturated rings. The molecule has 0 aliphatic carbocycles. The minimum atomic E-state index is -0.138. The number of carbonyl (C=O) groups excluding carboxylic acids is 1. The highest BCUT2D eigenvalue weighted by Gasteiger charge is 2.24. The lowest BCUT2D eigenvalue weighted by Gasteiger charge is -2.29. The number of rotatable bonds is 8. The molecule has 0 aliphatic rings. The second-order valence-corrected chi connectivity index (χ2v) is 5.46. The van der Waals surface area contributed by atoms with Gasteiger partial charge in [0.1, 0.15) is 0 Å². The van der Waals surface area contributed by atoms with Crippen LogP contribution in [0.5, 0.6) is 0 Å². The number of hydrogen-bond donors (Lipinski definition) is 3. The monoisotopic (exact) mass is 298 g/mol. The highest BCUT2D eigenvalue weighted by atomic mass is 35.5. The highest BCUT2D eigenvalue weighted by molar-refractivity contribution is 6.30. The van der Waals surface area contributed by atoms with Gasteiger partial charge in [0.25, 0.3) is 0 Å². The molecule has 0 atom stereocenters. The van der Waals surface area contributed by atoms with E-state index in [2.05, 4.69) is 24.5 Å². The summed E-state index contributed by atoms with van der Waals surface area (Å²) in [5.41, 5.74) is 0.584. The van der Waals surface area contributed by atoms with E-state index in [0.717, 1.165) is 18.5 Å². The van der Waals surface area contributed by atoms with Crippen LogP contribution >= 0.6 is 11.6 Å². The summed E-state index contributed by atoms with van der Waals surface area (Å²) in [6.07, 6.45) is 1.76. The molecular weight excluding hydrogens is 276 g/mol.